The number of carbonyl (C=O) groups is 1. The molecule has 0 saturated carbocycles. The first-order valence-corrected chi connectivity index (χ1v) is 9.73. The fourth-order valence-electron chi connectivity index (χ4n) is 3.13. The van der Waals surface area contributed by atoms with Gasteiger partial charge in [-0.3, -0.25) is 19.7 Å². The number of nitro groups is 1. The summed E-state index contributed by atoms with van der Waals surface area (Å²) in [7, 11) is 0. The first-order valence-electron chi connectivity index (χ1n) is 9.73. The minimum atomic E-state index is -1.51. The highest BCUT2D eigenvalue weighted by Crippen LogP contribution is 2.20. The fraction of sp³-hybridized carbons (Fsp3) is 0.0909. The number of fused-ring (bicyclic) bond motifs is 1. The van der Waals surface area contributed by atoms with Crippen LogP contribution in [0.25, 0.3) is 11.0 Å². The Labute approximate surface area is 185 Å². The van der Waals surface area contributed by atoms with Crippen LogP contribution in [0.15, 0.2) is 81.2 Å². The zero-order valence-electron chi connectivity index (χ0n) is 17.0. The van der Waals surface area contributed by atoms with Crippen molar-refractivity contribution in [2.24, 2.45) is 5.10 Å². The van der Waals surface area contributed by atoms with Gasteiger partial charge in [0, 0.05) is 12.1 Å². The number of aromatic nitrogens is 2. The number of aliphatic hydroxyl groups excluding tert-OH is 1. The predicted octanol–water partition coefficient (Wildman–Crippen LogP) is 2.22. The molecule has 0 saturated heterocycles. The highest BCUT2D eigenvalue weighted by Gasteiger charge is 2.25. The number of benzene rings is 2. The number of rotatable bonds is 7. The maximum absolute atomic E-state index is 12.7. The average Bonchev–Trinajstić information content (AvgIpc) is 3.34. The molecule has 33 heavy (non-hydrogen) atoms. The number of aliphatic hydroxyl groups is 1. The van der Waals surface area contributed by atoms with E-state index in [4.69, 9.17) is 4.42 Å². The molecule has 0 fully saturated rings. The van der Waals surface area contributed by atoms with E-state index in [-0.39, 0.29) is 40.3 Å². The summed E-state index contributed by atoms with van der Waals surface area (Å²) in [4.78, 5) is 42.2. The molecule has 4 aromatic rings. The van der Waals surface area contributed by atoms with Gasteiger partial charge in [-0.15, -0.1) is 0 Å². The SMILES string of the molecule is O=C(Cc1ccccc1)N/N=C(\c1nc2ccc([N+](=O)[O-])cc2[nH]c1=O)[C@@H](O)c1ccco1. The molecule has 0 aliphatic carbocycles. The highest BCUT2D eigenvalue weighted by atomic mass is 16.6. The van der Waals surface area contributed by atoms with Crippen molar-refractivity contribution in [3.63, 3.8) is 0 Å². The van der Waals surface area contributed by atoms with E-state index < -0.39 is 22.5 Å². The Bertz CT molecular complexity index is 1400. The monoisotopic (exact) mass is 447 g/mol. The number of hydrogen-bond donors (Lipinski definition) is 3. The Hall–Kier alpha value is -4.64. The van der Waals surface area contributed by atoms with Crippen molar-refractivity contribution < 1.29 is 19.2 Å². The summed E-state index contributed by atoms with van der Waals surface area (Å²) < 4.78 is 5.21. The van der Waals surface area contributed by atoms with Crippen molar-refractivity contribution in [2.45, 2.75) is 12.5 Å². The van der Waals surface area contributed by atoms with Gasteiger partial charge in [-0.25, -0.2) is 10.4 Å². The van der Waals surface area contributed by atoms with Crippen molar-refractivity contribution in [1.82, 2.24) is 15.4 Å². The summed E-state index contributed by atoms with van der Waals surface area (Å²) in [5.41, 5.74) is 1.94. The first-order chi connectivity index (χ1) is 15.9. The van der Waals surface area contributed by atoms with Crippen LogP contribution in [0.4, 0.5) is 5.69 Å². The Morgan fingerprint density at radius 3 is 2.70 bits per heavy atom. The van der Waals surface area contributed by atoms with Crippen LogP contribution in [0, 0.1) is 10.1 Å². The van der Waals surface area contributed by atoms with Crippen LogP contribution in [0.3, 0.4) is 0 Å². The van der Waals surface area contributed by atoms with Gasteiger partial charge in [0.2, 0.25) is 5.91 Å². The fourth-order valence-corrected chi connectivity index (χ4v) is 3.13. The molecule has 4 rings (SSSR count). The standard InChI is InChI=1S/C22H17N5O6/c28-18(11-13-5-2-1-3-6-13)25-26-19(21(29)17-7-4-10-33-17)20-22(30)24-16-12-14(27(31)32)8-9-15(16)23-20/h1-10,12,21,29H,11H2,(H,24,30)(H,25,28)/b26-19+/t21-/m0/s1. The molecule has 11 nitrogen and oxygen atoms in total. The zero-order chi connectivity index (χ0) is 23.4. The lowest BCUT2D eigenvalue weighted by Crippen LogP contribution is -2.29. The number of carbonyl (C=O) groups excluding carboxylic acids is 1. The lowest BCUT2D eigenvalue weighted by molar-refractivity contribution is -0.384. The molecule has 2 aromatic heterocycles. The minimum Gasteiger partial charge on any atom is -0.466 e. The number of hydrogen-bond acceptors (Lipinski definition) is 8. The number of non-ortho nitro benzene ring substituents is 1. The number of amides is 1. The lowest BCUT2D eigenvalue weighted by Gasteiger charge is -2.12. The number of nitro benzene ring substituents is 1. The van der Waals surface area contributed by atoms with Crippen LogP contribution in [0.2, 0.25) is 0 Å². The van der Waals surface area contributed by atoms with Crippen molar-refractivity contribution in [1.29, 1.82) is 0 Å². The predicted molar refractivity (Wildman–Crippen MR) is 118 cm³/mol. The third kappa shape index (κ3) is 4.83. The van der Waals surface area contributed by atoms with Gasteiger partial charge in [0.15, 0.2) is 11.8 Å². The summed E-state index contributed by atoms with van der Waals surface area (Å²) in [5.74, 6) is -0.394. The van der Waals surface area contributed by atoms with Crippen LogP contribution < -0.4 is 11.0 Å². The number of nitrogens with zero attached hydrogens (tertiary/aromatic N) is 3. The number of hydrazone groups is 1. The van der Waals surface area contributed by atoms with Gasteiger partial charge in [0.1, 0.15) is 11.5 Å². The lowest BCUT2D eigenvalue weighted by atomic mass is 10.1. The van der Waals surface area contributed by atoms with Gasteiger partial charge in [0.25, 0.3) is 11.2 Å². The van der Waals surface area contributed by atoms with Crippen molar-refractivity contribution >= 4 is 28.3 Å². The topological polar surface area (TPSA) is 164 Å². The number of aromatic amines is 1. The molecular formula is C22H17N5O6. The quantitative estimate of drug-likeness (QED) is 0.222. The molecule has 2 aromatic carbocycles. The van der Waals surface area contributed by atoms with Crippen LogP contribution in [-0.4, -0.2) is 31.6 Å². The van der Waals surface area contributed by atoms with Crippen LogP contribution in [-0.2, 0) is 11.2 Å². The second-order valence-corrected chi connectivity index (χ2v) is 6.99. The maximum Gasteiger partial charge on any atom is 0.276 e. The summed E-state index contributed by atoms with van der Waals surface area (Å²) in [6, 6.07) is 15.7. The van der Waals surface area contributed by atoms with Crippen LogP contribution in [0.5, 0.6) is 0 Å². The normalized spacial score (nSPS) is 12.5. The second kappa shape index (κ2) is 9.24. The number of nitrogens with one attached hydrogen (secondary N) is 2. The number of furan rings is 1. The van der Waals surface area contributed by atoms with E-state index >= 15 is 0 Å². The van der Waals surface area contributed by atoms with Crippen molar-refractivity contribution in [2.75, 3.05) is 0 Å². The molecule has 0 aliphatic heterocycles. The molecule has 1 amide bonds. The Balaban J connectivity index is 1.72. The van der Waals surface area contributed by atoms with E-state index in [1.165, 1.54) is 30.5 Å². The van der Waals surface area contributed by atoms with E-state index in [2.05, 4.69) is 20.5 Å². The van der Waals surface area contributed by atoms with E-state index in [9.17, 15) is 24.8 Å². The van der Waals surface area contributed by atoms with E-state index in [0.717, 1.165) is 5.56 Å². The van der Waals surface area contributed by atoms with Gasteiger partial charge in [-0.1, -0.05) is 30.3 Å². The average molecular weight is 447 g/mol. The molecule has 0 aliphatic rings. The third-order valence-corrected chi connectivity index (χ3v) is 4.71. The van der Waals surface area contributed by atoms with E-state index in [0.29, 0.717) is 0 Å². The van der Waals surface area contributed by atoms with Crippen molar-refractivity contribution in [3.05, 3.63) is 104 Å². The summed E-state index contributed by atoms with van der Waals surface area (Å²) in [5, 5.41) is 25.8. The number of H-pyrrole nitrogens is 1. The Kier molecular flexibility index (Phi) is 6.04. The third-order valence-electron chi connectivity index (χ3n) is 4.71. The molecule has 166 valence electrons. The van der Waals surface area contributed by atoms with E-state index in [1.807, 2.05) is 6.07 Å². The molecule has 0 spiro atoms. The van der Waals surface area contributed by atoms with Crippen LogP contribution in [0.1, 0.15) is 23.1 Å². The van der Waals surface area contributed by atoms with Gasteiger partial charge >= 0.3 is 0 Å². The molecule has 3 N–H and O–H groups in total. The van der Waals surface area contributed by atoms with Gasteiger partial charge in [0.05, 0.1) is 28.6 Å². The second-order valence-electron chi connectivity index (χ2n) is 6.99. The molecule has 0 radical (unpaired) electrons. The molecule has 2 heterocycles. The molecule has 0 unspecified atom stereocenters. The Morgan fingerprint density at radius 1 is 1.21 bits per heavy atom. The largest absolute Gasteiger partial charge is 0.466 e. The maximum atomic E-state index is 12.7. The summed E-state index contributed by atoms with van der Waals surface area (Å²) in [6.45, 7) is 0. The van der Waals surface area contributed by atoms with Gasteiger partial charge in [-0.2, -0.15) is 5.10 Å². The molecule has 1 atom stereocenters. The molecular weight excluding hydrogens is 430 g/mol. The summed E-state index contributed by atoms with van der Waals surface area (Å²) in [6.07, 6.45) is -0.151. The summed E-state index contributed by atoms with van der Waals surface area (Å²) >= 11 is 0. The van der Waals surface area contributed by atoms with Gasteiger partial charge < -0.3 is 14.5 Å². The van der Waals surface area contributed by atoms with Crippen LogP contribution >= 0.6 is 0 Å². The molecule has 11 heteroatoms. The minimum absolute atomic E-state index is 0.0274. The molecule has 0 bridgehead atoms. The van der Waals surface area contributed by atoms with Crippen molar-refractivity contribution in [3.8, 4) is 0 Å². The highest BCUT2D eigenvalue weighted by molar-refractivity contribution is 6.03. The zero-order valence-corrected chi connectivity index (χ0v) is 17.0. The first kappa shape index (κ1) is 21.6. The van der Waals surface area contributed by atoms with E-state index in [1.54, 1.807) is 30.3 Å². The smallest absolute Gasteiger partial charge is 0.276 e. The Morgan fingerprint density at radius 2 is 2.00 bits per heavy atom. The van der Waals surface area contributed by atoms with Gasteiger partial charge in [-0.05, 0) is 23.8 Å².